The van der Waals surface area contributed by atoms with Crippen molar-refractivity contribution in [3.63, 3.8) is 0 Å². The second kappa shape index (κ2) is 7.65. The van der Waals surface area contributed by atoms with E-state index in [-0.39, 0.29) is 17.5 Å². The average molecular weight is 357 g/mol. The van der Waals surface area contributed by atoms with Crippen LogP contribution in [0.2, 0.25) is 0 Å². The highest BCUT2D eigenvalue weighted by Gasteiger charge is 2.26. The number of nitrogens with one attached hydrogen (secondary N) is 3. The number of H-pyrrole nitrogens is 1. The van der Waals surface area contributed by atoms with E-state index < -0.39 is 12.1 Å². The maximum atomic E-state index is 12.3. The molecule has 1 saturated carbocycles. The quantitative estimate of drug-likeness (QED) is 0.718. The molecule has 1 aromatic heterocycles. The lowest BCUT2D eigenvalue weighted by Crippen LogP contribution is -2.50. The molecule has 0 radical (unpaired) electrons. The Hall–Kier alpha value is -2.74. The fourth-order valence-electron chi connectivity index (χ4n) is 2.76. The first kappa shape index (κ1) is 18.1. The Bertz CT molecular complexity index is 875. The summed E-state index contributed by atoms with van der Waals surface area (Å²) in [5.74, 6) is 0.103. The van der Waals surface area contributed by atoms with Crippen molar-refractivity contribution in [3.8, 4) is 0 Å². The first-order valence-corrected chi connectivity index (χ1v) is 8.81. The molecule has 2 aromatic rings. The van der Waals surface area contributed by atoms with Crippen molar-refractivity contribution in [1.29, 1.82) is 0 Å². The Kier molecular flexibility index (Phi) is 5.32. The van der Waals surface area contributed by atoms with Gasteiger partial charge in [-0.05, 0) is 38.4 Å². The zero-order valence-electron chi connectivity index (χ0n) is 14.9. The van der Waals surface area contributed by atoms with E-state index in [1.807, 2.05) is 17.9 Å². The third-order valence-corrected chi connectivity index (χ3v) is 4.50. The van der Waals surface area contributed by atoms with Gasteiger partial charge in [0.25, 0.3) is 5.56 Å². The fraction of sp³-hybridized carbons (Fsp3) is 0.444. The van der Waals surface area contributed by atoms with Gasteiger partial charge in [-0.15, -0.1) is 0 Å². The Morgan fingerprint density at radius 2 is 2.08 bits per heavy atom. The molecule has 1 fully saturated rings. The molecule has 138 valence electrons. The summed E-state index contributed by atoms with van der Waals surface area (Å²) in [4.78, 5) is 45.3. The van der Waals surface area contributed by atoms with E-state index in [0.29, 0.717) is 29.8 Å². The number of likely N-dealkylation sites (N-methyl/N-ethyl adjacent to an activating group) is 1. The average Bonchev–Trinajstić information content (AvgIpc) is 3.42. The molecule has 8 nitrogen and oxygen atoms in total. The second-order valence-corrected chi connectivity index (χ2v) is 6.51. The lowest BCUT2D eigenvalue weighted by atomic mass is 10.2. The molecule has 1 aliphatic carbocycles. The van der Waals surface area contributed by atoms with E-state index in [1.165, 1.54) is 0 Å². The second-order valence-electron chi connectivity index (χ2n) is 6.51. The standard InChI is InChI=1S/C18H23N5O3/c1-3-23(11(2)16(24)22-18(26)19-12-8-9-12)10-15-20-14-7-5-4-6-13(14)17(25)21-15/h4-7,11-12H,3,8-10H2,1-2H3,(H,20,21,25)(H2,19,22,24,26). The van der Waals surface area contributed by atoms with Crippen LogP contribution in [-0.2, 0) is 11.3 Å². The van der Waals surface area contributed by atoms with Crippen molar-refractivity contribution in [2.24, 2.45) is 0 Å². The molecule has 3 amide bonds. The van der Waals surface area contributed by atoms with Crippen molar-refractivity contribution in [2.45, 2.75) is 45.3 Å². The normalized spacial score (nSPS) is 15.0. The molecule has 1 heterocycles. The van der Waals surface area contributed by atoms with Gasteiger partial charge in [0, 0.05) is 6.04 Å². The number of rotatable bonds is 6. The van der Waals surface area contributed by atoms with Crippen LogP contribution in [0.4, 0.5) is 4.79 Å². The summed E-state index contributed by atoms with van der Waals surface area (Å²) in [5.41, 5.74) is 0.408. The predicted octanol–water partition coefficient (Wildman–Crippen LogP) is 1.12. The maximum Gasteiger partial charge on any atom is 0.321 e. The Labute approximate surface area is 151 Å². The van der Waals surface area contributed by atoms with Crippen LogP contribution in [0.15, 0.2) is 29.1 Å². The number of fused-ring (bicyclic) bond motifs is 1. The number of carbonyl (C=O) groups excluding carboxylic acids is 2. The van der Waals surface area contributed by atoms with Crippen molar-refractivity contribution in [3.05, 3.63) is 40.4 Å². The first-order valence-electron chi connectivity index (χ1n) is 8.81. The summed E-state index contributed by atoms with van der Waals surface area (Å²) < 4.78 is 0. The molecular formula is C18H23N5O3. The molecule has 0 bridgehead atoms. The topological polar surface area (TPSA) is 107 Å². The number of aromatic nitrogens is 2. The van der Waals surface area contributed by atoms with E-state index >= 15 is 0 Å². The maximum absolute atomic E-state index is 12.3. The molecule has 1 unspecified atom stereocenters. The largest absolute Gasteiger partial charge is 0.335 e. The number of imide groups is 1. The summed E-state index contributed by atoms with van der Waals surface area (Å²) in [6.45, 7) is 4.50. The van der Waals surface area contributed by atoms with Crippen LogP contribution in [0.1, 0.15) is 32.5 Å². The molecule has 3 N–H and O–H groups in total. The van der Waals surface area contributed by atoms with Crippen molar-refractivity contribution in [2.75, 3.05) is 6.54 Å². The Morgan fingerprint density at radius 3 is 2.77 bits per heavy atom. The van der Waals surface area contributed by atoms with Crippen LogP contribution in [0.5, 0.6) is 0 Å². The summed E-state index contributed by atoms with van der Waals surface area (Å²) in [6.07, 6.45) is 1.92. The third-order valence-electron chi connectivity index (χ3n) is 4.50. The van der Waals surface area contributed by atoms with Crippen LogP contribution >= 0.6 is 0 Å². The summed E-state index contributed by atoms with van der Waals surface area (Å²) in [7, 11) is 0. The summed E-state index contributed by atoms with van der Waals surface area (Å²) in [6, 6.07) is 6.30. The predicted molar refractivity (Wildman–Crippen MR) is 97.6 cm³/mol. The molecule has 26 heavy (non-hydrogen) atoms. The minimum atomic E-state index is -0.540. The van der Waals surface area contributed by atoms with Crippen LogP contribution in [-0.4, -0.2) is 45.4 Å². The van der Waals surface area contributed by atoms with Crippen molar-refractivity contribution in [1.82, 2.24) is 25.5 Å². The number of nitrogens with zero attached hydrogens (tertiary/aromatic N) is 2. The number of aromatic amines is 1. The van der Waals surface area contributed by atoms with E-state index in [9.17, 15) is 14.4 Å². The Morgan fingerprint density at radius 1 is 1.35 bits per heavy atom. The van der Waals surface area contributed by atoms with Crippen molar-refractivity contribution >= 4 is 22.8 Å². The summed E-state index contributed by atoms with van der Waals surface area (Å²) in [5, 5.41) is 5.62. The van der Waals surface area contributed by atoms with Gasteiger partial charge in [0.05, 0.1) is 23.5 Å². The van der Waals surface area contributed by atoms with Gasteiger partial charge >= 0.3 is 6.03 Å². The van der Waals surface area contributed by atoms with Crippen molar-refractivity contribution < 1.29 is 9.59 Å². The SMILES string of the molecule is CCN(Cc1nc2ccccc2c(=O)[nH]1)C(C)C(=O)NC(=O)NC1CC1. The highest BCUT2D eigenvalue weighted by Crippen LogP contribution is 2.18. The number of hydrogen-bond acceptors (Lipinski definition) is 5. The molecule has 0 saturated heterocycles. The van der Waals surface area contributed by atoms with Gasteiger partial charge in [0.1, 0.15) is 5.82 Å². The van der Waals surface area contributed by atoms with Gasteiger partial charge in [-0.2, -0.15) is 0 Å². The van der Waals surface area contributed by atoms with Gasteiger partial charge in [-0.3, -0.25) is 19.8 Å². The van der Waals surface area contributed by atoms with Crippen LogP contribution in [0, 0.1) is 0 Å². The van der Waals surface area contributed by atoms with Gasteiger partial charge in [0.15, 0.2) is 0 Å². The molecule has 1 atom stereocenters. The van der Waals surface area contributed by atoms with Gasteiger partial charge in [-0.1, -0.05) is 19.1 Å². The van der Waals surface area contributed by atoms with Crippen LogP contribution < -0.4 is 16.2 Å². The summed E-state index contributed by atoms with van der Waals surface area (Å²) >= 11 is 0. The number of hydrogen-bond donors (Lipinski definition) is 3. The first-order chi connectivity index (χ1) is 12.5. The highest BCUT2D eigenvalue weighted by molar-refractivity contribution is 5.97. The number of amides is 3. The fourth-order valence-corrected chi connectivity index (χ4v) is 2.76. The third kappa shape index (κ3) is 4.26. The monoisotopic (exact) mass is 357 g/mol. The molecule has 3 rings (SSSR count). The minimum Gasteiger partial charge on any atom is -0.335 e. The zero-order valence-corrected chi connectivity index (χ0v) is 14.9. The number of carbonyl (C=O) groups is 2. The van der Waals surface area contributed by atoms with E-state index in [4.69, 9.17) is 0 Å². The number of urea groups is 1. The zero-order chi connectivity index (χ0) is 18.7. The van der Waals surface area contributed by atoms with E-state index in [1.54, 1.807) is 25.1 Å². The van der Waals surface area contributed by atoms with Gasteiger partial charge in [0.2, 0.25) is 5.91 Å². The van der Waals surface area contributed by atoms with Crippen LogP contribution in [0.3, 0.4) is 0 Å². The molecule has 8 heteroatoms. The number of benzene rings is 1. The minimum absolute atomic E-state index is 0.187. The Balaban J connectivity index is 1.68. The highest BCUT2D eigenvalue weighted by atomic mass is 16.2. The molecule has 0 spiro atoms. The molecule has 1 aromatic carbocycles. The molecule has 0 aliphatic heterocycles. The van der Waals surface area contributed by atoms with Gasteiger partial charge < -0.3 is 10.3 Å². The number of para-hydroxylation sites is 1. The lowest BCUT2D eigenvalue weighted by Gasteiger charge is -2.26. The lowest BCUT2D eigenvalue weighted by molar-refractivity contribution is -0.124. The molecule has 1 aliphatic rings. The molecular weight excluding hydrogens is 334 g/mol. The van der Waals surface area contributed by atoms with Gasteiger partial charge in [-0.25, -0.2) is 9.78 Å². The van der Waals surface area contributed by atoms with E-state index in [2.05, 4.69) is 20.6 Å². The van der Waals surface area contributed by atoms with Crippen LogP contribution in [0.25, 0.3) is 10.9 Å². The smallest absolute Gasteiger partial charge is 0.321 e. The van der Waals surface area contributed by atoms with E-state index in [0.717, 1.165) is 12.8 Å².